The SMILES string of the molecule is CC(C)OC(=O)N1CCC(N(C)Cc2cnc(-c3ccc(C(N)=O)cc3)cn2)CC1. The zero-order valence-corrected chi connectivity index (χ0v) is 17.7. The second-order valence-corrected chi connectivity index (χ2v) is 7.90. The summed E-state index contributed by atoms with van der Waals surface area (Å²) in [4.78, 5) is 36.3. The maximum Gasteiger partial charge on any atom is 0.410 e. The fourth-order valence-corrected chi connectivity index (χ4v) is 3.54. The molecule has 1 aliphatic rings. The van der Waals surface area contributed by atoms with Gasteiger partial charge in [0.05, 0.1) is 29.9 Å². The van der Waals surface area contributed by atoms with Crippen LogP contribution in [0, 0.1) is 0 Å². The Labute approximate surface area is 177 Å². The molecule has 8 heteroatoms. The predicted octanol–water partition coefficient (Wildman–Crippen LogP) is 2.68. The molecule has 0 spiro atoms. The van der Waals surface area contributed by atoms with Gasteiger partial charge in [0.25, 0.3) is 0 Å². The molecule has 2 amide bonds. The molecule has 0 unspecified atom stereocenters. The summed E-state index contributed by atoms with van der Waals surface area (Å²) in [7, 11) is 2.07. The summed E-state index contributed by atoms with van der Waals surface area (Å²) in [5.41, 5.74) is 8.25. The molecule has 3 rings (SSSR count). The van der Waals surface area contributed by atoms with Crippen molar-refractivity contribution in [1.82, 2.24) is 19.8 Å². The molecule has 1 saturated heterocycles. The van der Waals surface area contributed by atoms with Crippen molar-refractivity contribution >= 4 is 12.0 Å². The van der Waals surface area contributed by atoms with E-state index in [0.717, 1.165) is 29.8 Å². The Morgan fingerprint density at radius 2 is 1.83 bits per heavy atom. The largest absolute Gasteiger partial charge is 0.447 e. The number of aromatic nitrogens is 2. The second-order valence-electron chi connectivity index (χ2n) is 7.90. The van der Waals surface area contributed by atoms with Gasteiger partial charge >= 0.3 is 6.09 Å². The average molecular weight is 412 g/mol. The fourth-order valence-electron chi connectivity index (χ4n) is 3.54. The molecule has 1 aromatic heterocycles. The molecular formula is C22H29N5O3. The van der Waals surface area contributed by atoms with Crippen molar-refractivity contribution in [1.29, 1.82) is 0 Å². The third kappa shape index (κ3) is 5.54. The number of hydrogen-bond donors (Lipinski definition) is 1. The molecule has 0 aliphatic carbocycles. The van der Waals surface area contributed by atoms with Gasteiger partial charge in [0.2, 0.25) is 5.91 Å². The third-order valence-corrected chi connectivity index (χ3v) is 5.26. The summed E-state index contributed by atoms with van der Waals surface area (Å²) < 4.78 is 5.28. The van der Waals surface area contributed by atoms with E-state index < -0.39 is 5.91 Å². The first-order valence-corrected chi connectivity index (χ1v) is 10.2. The van der Waals surface area contributed by atoms with Crippen LogP contribution in [-0.2, 0) is 11.3 Å². The molecule has 1 aromatic carbocycles. The first-order chi connectivity index (χ1) is 14.3. The molecule has 0 radical (unpaired) electrons. The maximum atomic E-state index is 12.0. The molecule has 160 valence electrons. The van der Waals surface area contributed by atoms with Gasteiger partial charge in [0.1, 0.15) is 0 Å². The molecule has 0 bridgehead atoms. The van der Waals surface area contributed by atoms with Crippen molar-refractivity contribution in [3.05, 3.63) is 47.9 Å². The van der Waals surface area contributed by atoms with Gasteiger partial charge < -0.3 is 15.4 Å². The Morgan fingerprint density at radius 1 is 1.17 bits per heavy atom. The van der Waals surface area contributed by atoms with Crippen molar-refractivity contribution < 1.29 is 14.3 Å². The van der Waals surface area contributed by atoms with Crippen LogP contribution in [-0.4, -0.2) is 64.1 Å². The van der Waals surface area contributed by atoms with Crippen molar-refractivity contribution in [3.8, 4) is 11.3 Å². The van der Waals surface area contributed by atoms with E-state index in [9.17, 15) is 9.59 Å². The van der Waals surface area contributed by atoms with E-state index in [0.29, 0.717) is 31.2 Å². The number of rotatable bonds is 6. The fraction of sp³-hybridized carbons (Fsp3) is 0.455. The number of hydrogen-bond acceptors (Lipinski definition) is 6. The number of primary amides is 1. The lowest BCUT2D eigenvalue weighted by Gasteiger charge is -2.36. The van der Waals surface area contributed by atoms with Crippen molar-refractivity contribution in [2.75, 3.05) is 20.1 Å². The highest BCUT2D eigenvalue weighted by Crippen LogP contribution is 2.20. The summed E-state index contributed by atoms with van der Waals surface area (Å²) in [5, 5.41) is 0. The summed E-state index contributed by atoms with van der Waals surface area (Å²) in [5.74, 6) is -0.450. The van der Waals surface area contributed by atoms with Gasteiger partial charge in [-0.25, -0.2) is 4.79 Å². The number of piperidine rings is 1. The monoisotopic (exact) mass is 411 g/mol. The number of carbonyl (C=O) groups is 2. The highest BCUT2D eigenvalue weighted by molar-refractivity contribution is 5.93. The standard InChI is InChI=1S/C22H29N5O3/c1-15(2)30-22(29)27-10-8-19(9-11-27)26(3)14-18-12-25-20(13-24-18)16-4-6-17(7-5-16)21(23)28/h4-7,12-13,15,19H,8-11,14H2,1-3H3,(H2,23,28). The summed E-state index contributed by atoms with van der Waals surface area (Å²) in [6.07, 6.45) is 5.01. The van der Waals surface area contributed by atoms with Gasteiger partial charge in [-0.3, -0.25) is 19.7 Å². The zero-order chi connectivity index (χ0) is 21.7. The Kier molecular flexibility index (Phi) is 6.99. The lowest BCUT2D eigenvalue weighted by molar-refractivity contribution is 0.0575. The van der Waals surface area contributed by atoms with Gasteiger partial charge in [0.15, 0.2) is 0 Å². The Morgan fingerprint density at radius 3 is 2.37 bits per heavy atom. The van der Waals surface area contributed by atoms with Crippen LogP contribution in [0.2, 0.25) is 0 Å². The molecule has 30 heavy (non-hydrogen) atoms. The normalized spacial score (nSPS) is 14.9. The van der Waals surface area contributed by atoms with Crippen LogP contribution < -0.4 is 5.73 Å². The quantitative estimate of drug-likeness (QED) is 0.784. The van der Waals surface area contributed by atoms with Gasteiger partial charge in [-0.2, -0.15) is 0 Å². The second kappa shape index (κ2) is 9.67. The van der Waals surface area contributed by atoms with E-state index >= 15 is 0 Å². The minimum atomic E-state index is -0.450. The minimum absolute atomic E-state index is 0.0967. The Balaban J connectivity index is 1.53. The Hall–Kier alpha value is -3.00. The van der Waals surface area contributed by atoms with Crippen molar-refractivity contribution in [2.24, 2.45) is 5.73 Å². The minimum Gasteiger partial charge on any atom is -0.447 e. The molecule has 8 nitrogen and oxygen atoms in total. The highest BCUT2D eigenvalue weighted by Gasteiger charge is 2.26. The van der Waals surface area contributed by atoms with Gasteiger partial charge in [-0.05, 0) is 45.9 Å². The first-order valence-electron chi connectivity index (χ1n) is 10.2. The molecule has 1 fully saturated rings. The van der Waals surface area contributed by atoms with E-state index in [1.54, 1.807) is 29.4 Å². The summed E-state index contributed by atoms with van der Waals surface area (Å²) in [6, 6.07) is 7.38. The molecule has 2 heterocycles. The third-order valence-electron chi connectivity index (χ3n) is 5.26. The van der Waals surface area contributed by atoms with E-state index in [4.69, 9.17) is 10.5 Å². The van der Waals surface area contributed by atoms with Gasteiger partial charge in [-0.15, -0.1) is 0 Å². The smallest absolute Gasteiger partial charge is 0.410 e. The van der Waals surface area contributed by atoms with Crippen molar-refractivity contribution in [2.45, 2.75) is 45.4 Å². The maximum absolute atomic E-state index is 12.0. The number of benzene rings is 1. The number of nitrogens with two attached hydrogens (primary N) is 1. The van der Waals surface area contributed by atoms with E-state index in [-0.39, 0.29) is 12.2 Å². The number of likely N-dealkylation sites (tertiary alicyclic amines) is 1. The van der Waals surface area contributed by atoms with Crippen molar-refractivity contribution in [3.63, 3.8) is 0 Å². The number of nitrogens with zero attached hydrogens (tertiary/aromatic N) is 4. The molecule has 2 aromatic rings. The van der Waals surface area contributed by atoms with Gasteiger partial charge in [0, 0.05) is 36.8 Å². The van der Waals surface area contributed by atoms with Crippen LogP contribution in [0.4, 0.5) is 4.79 Å². The zero-order valence-electron chi connectivity index (χ0n) is 17.7. The highest BCUT2D eigenvalue weighted by atomic mass is 16.6. The number of carbonyl (C=O) groups excluding carboxylic acids is 2. The molecule has 2 N–H and O–H groups in total. The van der Waals surface area contributed by atoms with Crippen LogP contribution in [0.3, 0.4) is 0 Å². The van der Waals surface area contributed by atoms with Crippen LogP contribution in [0.1, 0.15) is 42.7 Å². The summed E-state index contributed by atoms with van der Waals surface area (Å²) in [6.45, 7) is 5.82. The first kappa shape index (κ1) is 21.7. The predicted molar refractivity (Wildman–Crippen MR) is 114 cm³/mol. The van der Waals surface area contributed by atoms with Crippen LogP contribution >= 0.6 is 0 Å². The van der Waals surface area contributed by atoms with E-state index in [1.807, 2.05) is 26.0 Å². The Bertz CT molecular complexity index is 859. The molecule has 0 saturated carbocycles. The van der Waals surface area contributed by atoms with Crippen LogP contribution in [0.5, 0.6) is 0 Å². The van der Waals surface area contributed by atoms with Gasteiger partial charge in [-0.1, -0.05) is 12.1 Å². The summed E-state index contributed by atoms with van der Waals surface area (Å²) >= 11 is 0. The molecule has 0 atom stereocenters. The lowest BCUT2D eigenvalue weighted by atomic mass is 10.0. The average Bonchev–Trinajstić information content (AvgIpc) is 2.74. The van der Waals surface area contributed by atoms with Crippen LogP contribution in [0.25, 0.3) is 11.3 Å². The number of ether oxygens (including phenoxy) is 1. The van der Waals surface area contributed by atoms with E-state index in [1.165, 1.54) is 0 Å². The van der Waals surface area contributed by atoms with Crippen LogP contribution in [0.15, 0.2) is 36.7 Å². The number of amides is 2. The molecule has 1 aliphatic heterocycles. The van der Waals surface area contributed by atoms with E-state index in [2.05, 4.69) is 21.9 Å². The topological polar surface area (TPSA) is 102 Å². The lowest BCUT2D eigenvalue weighted by Crippen LogP contribution is -2.46. The molecular weight excluding hydrogens is 382 g/mol.